The van der Waals surface area contributed by atoms with Gasteiger partial charge in [0.25, 0.3) is 0 Å². The molecule has 0 aliphatic rings. The van der Waals surface area contributed by atoms with Crippen LogP contribution >= 0.6 is 0 Å². The molecule has 2 aromatic rings. The van der Waals surface area contributed by atoms with Gasteiger partial charge in [0, 0.05) is 18.7 Å². The van der Waals surface area contributed by atoms with E-state index >= 15 is 0 Å². The van der Waals surface area contributed by atoms with Crippen molar-refractivity contribution in [1.29, 1.82) is 0 Å². The standard InChI is InChI=1S/C25H27NO4/c1-3-30-25(29)17-15-23(18-21-10-6-4-7-11-21)26(24(28)16-14-20(2)27)19-22-12-8-5-9-13-22/h4-17,23H,3,18-19H2,1-2H3/t23-/m1/s1. The molecule has 156 valence electrons. The first-order valence-electron chi connectivity index (χ1n) is 9.91. The smallest absolute Gasteiger partial charge is 0.330 e. The van der Waals surface area contributed by atoms with Crippen molar-refractivity contribution in [3.8, 4) is 0 Å². The fourth-order valence-electron chi connectivity index (χ4n) is 2.94. The molecule has 0 bridgehead atoms. The van der Waals surface area contributed by atoms with E-state index in [1.165, 1.54) is 25.2 Å². The number of carbonyl (C=O) groups excluding carboxylic acids is 3. The third kappa shape index (κ3) is 7.87. The largest absolute Gasteiger partial charge is 0.463 e. The van der Waals surface area contributed by atoms with Crippen LogP contribution in [0.2, 0.25) is 0 Å². The SMILES string of the molecule is CCOC(=O)C=C[C@H](Cc1ccccc1)N(Cc1ccccc1)C(=O)C=CC(C)=O. The van der Waals surface area contributed by atoms with E-state index in [2.05, 4.69) is 0 Å². The number of benzene rings is 2. The molecule has 0 N–H and O–H groups in total. The lowest BCUT2D eigenvalue weighted by molar-refractivity contribution is -0.137. The summed E-state index contributed by atoms with van der Waals surface area (Å²) in [5, 5.41) is 0. The van der Waals surface area contributed by atoms with Crippen LogP contribution in [0.1, 0.15) is 25.0 Å². The number of rotatable bonds is 10. The highest BCUT2D eigenvalue weighted by Crippen LogP contribution is 2.16. The van der Waals surface area contributed by atoms with E-state index in [0.29, 0.717) is 13.0 Å². The van der Waals surface area contributed by atoms with Crippen LogP contribution in [-0.2, 0) is 32.1 Å². The number of hydrogen-bond donors (Lipinski definition) is 0. The molecule has 0 fully saturated rings. The molecule has 0 radical (unpaired) electrons. The van der Waals surface area contributed by atoms with Gasteiger partial charge in [-0.3, -0.25) is 9.59 Å². The minimum absolute atomic E-state index is 0.204. The predicted octanol–water partition coefficient (Wildman–Crippen LogP) is 3.89. The maximum Gasteiger partial charge on any atom is 0.330 e. The number of ether oxygens (including phenoxy) is 1. The highest BCUT2D eigenvalue weighted by atomic mass is 16.5. The average molecular weight is 405 g/mol. The molecule has 1 atom stereocenters. The van der Waals surface area contributed by atoms with E-state index < -0.39 is 12.0 Å². The van der Waals surface area contributed by atoms with Crippen molar-refractivity contribution >= 4 is 17.7 Å². The van der Waals surface area contributed by atoms with Gasteiger partial charge < -0.3 is 9.64 Å². The van der Waals surface area contributed by atoms with Gasteiger partial charge in [0.05, 0.1) is 12.6 Å². The highest BCUT2D eigenvalue weighted by Gasteiger charge is 2.21. The van der Waals surface area contributed by atoms with E-state index in [9.17, 15) is 14.4 Å². The Morgan fingerprint density at radius 1 is 0.900 bits per heavy atom. The van der Waals surface area contributed by atoms with E-state index in [4.69, 9.17) is 4.74 Å². The molecular formula is C25H27NO4. The number of amides is 1. The number of esters is 1. The molecule has 2 rings (SSSR count). The molecule has 2 aromatic carbocycles. The molecule has 5 nitrogen and oxygen atoms in total. The molecule has 0 aliphatic carbocycles. The number of allylic oxidation sites excluding steroid dienone is 1. The van der Waals surface area contributed by atoms with Crippen molar-refractivity contribution in [2.24, 2.45) is 0 Å². The van der Waals surface area contributed by atoms with Gasteiger partial charge in [0.2, 0.25) is 5.91 Å². The van der Waals surface area contributed by atoms with Crippen LogP contribution < -0.4 is 0 Å². The lowest BCUT2D eigenvalue weighted by atomic mass is 10.0. The maximum atomic E-state index is 13.0. The Labute approximate surface area is 177 Å². The molecule has 5 heteroatoms. The molecule has 0 heterocycles. The first kappa shape index (κ1) is 22.8. The average Bonchev–Trinajstić information content (AvgIpc) is 2.75. The van der Waals surface area contributed by atoms with E-state index in [0.717, 1.165) is 11.1 Å². The van der Waals surface area contributed by atoms with Gasteiger partial charge >= 0.3 is 5.97 Å². The van der Waals surface area contributed by atoms with E-state index in [1.54, 1.807) is 17.9 Å². The second-order valence-corrected chi connectivity index (χ2v) is 6.76. The summed E-state index contributed by atoms with van der Waals surface area (Å²) in [6, 6.07) is 18.9. The van der Waals surface area contributed by atoms with Gasteiger partial charge in [-0.1, -0.05) is 66.7 Å². The Hall–Kier alpha value is -3.47. The molecule has 0 saturated carbocycles. The van der Waals surface area contributed by atoms with Crippen LogP contribution in [0, 0.1) is 0 Å². The van der Waals surface area contributed by atoms with Crippen LogP contribution in [0.15, 0.2) is 85.0 Å². The summed E-state index contributed by atoms with van der Waals surface area (Å²) in [6.45, 7) is 3.76. The third-order valence-corrected chi connectivity index (χ3v) is 4.37. The fourth-order valence-corrected chi connectivity index (χ4v) is 2.94. The van der Waals surface area contributed by atoms with E-state index in [-0.39, 0.29) is 18.3 Å². The number of ketones is 1. The van der Waals surface area contributed by atoms with Crippen LogP contribution in [0.4, 0.5) is 0 Å². The summed E-state index contributed by atoms with van der Waals surface area (Å²) in [5.74, 6) is -0.963. The Kier molecular flexibility index (Phi) is 9.25. The second kappa shape index (κ2) is 12.2. The van der Waals surface area contributed by atoms with Gasteiger partial charge in [0.15, 0.2) is 5.78 Å². The molecule has 1 amide bonds. The number of nitrogens with zero attached hydrogens (tertiary/aromatic N) is 1. The zero-order chi connectivity index (χ0) is 21.8. The minimum atomic E-state index is -0.457. The maximum absolute atomic E-state index is 13.0. The molecular weight excluding hydrogens is 378 g/mol. The highest BCUT2D eigenvalue weighted by molar-refractivity contribution is 5.96. The summed E-state index contributed by atoms with van der Waals surface area (Å²) in [5.41, 5.74) is 1.97. The van der Waals surface area contributed by atoms with Crippen molar-refractivity contribution in [2.45, 2.75) is 32.9 Å². The Bertz CT molecular complexity index is 888. The Balaban J connectivity index is 2.38. The normalized spacial score (nSPS) is 12.1. The number of carbonyl (C=O) groups is 3. The van der Waals surface area contributed by atoms with Crippen molar-refractivity contribution in [3.05, 3.63) is 96.1 Å². The zero-order valence-electron chi connectivity index (χ0n) is 17.4. The Morgan fingerprint density at radius 2 is 1.50 bits per heavy atom. The second-order valence-electron chi connectivity index (χ2n) is 6.76. The minimum Gasteiger partial charge on any atom is -0.463 e. The van der Waals surface area contributed by atoms with Crippen LogP contribution in [0.5, 0.6) is 0 Å². The topological polar surface area (TPSA) is 63.7 Å². The molecule has 0 saturated heterocycles. The summed E-state index contributed by atoms with van der Waals surface area (Å²) < 4.78 is 4.99. The van der Waals surface area contributed by atoms with Gasteiger partial charge in [-0.2, -0.15) is 0 Å². The first-order valence-corrected chi connectivity index (χ1v) is 9.91. The lowest BCUT2D eigenvalue weighted by Gasteiger charge is -2.29. The fraction of sp³-hybridized carbons (Fsp3) is 0.240. The van der Waals surface area contributed by atoms with Crippen molar-refractivity contribution in [3.63, 3.8) is 0 Å². The van der Waals surface area contributed by atoms with Gasteiger partial charge in [-0.15, -0.1) is 0 Å². The van der Waals surface area contributed by atoms with Crippen molar-refractivity contribution < 1.29 is 19.1 Å². The summed E-state index contributed by atoms with van der Waals surface area (Å²) in [4.78, 5) is 37.9. The van der Waals surface area contributed by atoms with Gasteiger partial charge in [0.1, 0.15) is 0 Å². The molecule has 0 unspecified atom stereocenters. The van der Waals surface area contributed by atoms with Crippen molar-refractivity contribution in [2.75, 3.05) is 6.61 Å². The van der Waals surface area contributed by atoms with Crippen molar-refractivity contribution in [1.82, 2.24) is 4.90 Å². The predicted molar refractivity (Wildman–Crippen MR) is 117 cm³/mol. The van der Waals surface area contributed by atoms with Crippen LogP contribution in [-0.4, -0.2) is 35.2 Å². The molecule has 30 heavy (non-hydrogen) atoms. The lowest BCUT2D eigenvalue weighted by Crippen LogP contribution is -2.39. The zero-order valence-corrected chi connectivity index (χ0v) is 17.4. The molecule has 0 aromatic heterocycles. The molecule has 0 aliphatic heterocycles. The van der Waals surface area contributed by atoms with Crippen LogP contribution in [0.3, 0.4) is 0 Å². The summed E-state index contributed by atoms with van der Waals surface area (Å²) >= 11 is 0. The van der Waals surface area contributed by atoms with Gasteiger partial charge in [-0.05, 0) is 37.5 Å². The first-order chi connectivity index (χ1) is 14.5. The monoisotopic (exact) mass is 405 g/mol. The van der Waals surface area contributed by atoms with Gasteiger partial charge in [-0.25, -0.2) is 4.79 Å². The summed E-state index contributed by atoms with van der Waals surface area (Å²) in [7, 11) is 0. The Morgan fingerprint density at radius 3 is 2.07 bits per heavy atom. The summed E-state index contributed by atoms with van der Waals surface area (Å²) in [6.07, 6.45) is 6.10. The quantitative estimate of drug-likeness (QED) is 0.444. The molecule has 0 spiro atoms. The third-order valence-electron chi connectivity index (χ3n) is 4.37. The van der Waals surface area contributed by atoms with Crippen LogP contribution in [0.25, 0.3) is 0 Å². The number of hydrogen-bond acceptors (Lipinski definition) is 4. The van der Waals surface area contributed by atoms with E-state index in [1.807, 2.05) is 60.7 Å².